The number of carbonyl (C=O) groups is 1. The van der Waals surface area contributed by atoms with E-state index in [1.54, 1.807) is 23.0 Å². The third-order valence-electron chi connectivity index (χ3n) is 4.63. The smallest absolute Gasteiger partial charge is 0.251 e. The van der Waals surface area contributed by atoms with Crippen molar-refractivity contribution in [3.05, 3.63) is 47.8 Å². The number of hydrogen-bond donors (Lipinski definition) is 1. The molecule has 0 aliphatic carbocycles. The number of rotatable bonds is 6. The maximum atomic E-state index is 12.8. The number of morpholine rings is 1. The minimum Gasteiger partial charge on any atom is -0.379 e. The Morgan fingerprint density at radius 2 is 2.04 bits per heavy atom. The lowest BCUT2D eigenvalue weighted by Crippen LogP contribution is -2.40. The normalized spacial score (nSPS) is 16.8. The highest BCUT2D eigenvalue weighted by molar-refractivity contribution is 7.89. The number of ether oxygens (including phenoxy) is 1. The molecule has 2 heterocycles. The summed E-state index contributed by atoms with van der Waals surface area (Å²) in [7, 11) is -1.82. The average Bonchev–Trinajstić information content (AvgIpc) is 3.12. The Morgan fingerprint density at radius 1 is 1.30 bits per heavy atom. The van der Waals surface area contributed by atoms with Gasteiger partial charge >= 0.3 is 0 Å². The summed E-state index contributed by atoms with van der Waals surface area (Å²) in [5.41, 5.74) is 1.20. The first-order valence-electron chi connectivity index (χ1n) is 8.90. The molecule has 8 nitrogen and oxygen atoms in total. The summed E-state index contributed by atoms with van der Waals surface area (Å²) in [6.07, 6.45) is 2.37. The maximum absolute atomic E-state index is 12.8. The molecule has 1 aliphatic heterocycles. The molecule has 1 amide bonds. The number of sulfonamides is 1. The van der Waals surface area contributed by atoms with Crippen molar-refractivity contribution >= 4 is 15.9 Å². The molecule has 1 saturated heterocycles. The van der Waals surface area contributed by atoms with Gasteiger partial charge in [-0.05, 0) is 30.7 Å². The molecule has 1 fully saturated rings. The summed E-state index contributed by atoms with van der Waals surface area (Å²) in [4.78, 5) is 12.8. The fourth-order valence-corrected chi connectivity index (χ4v) is 4.54. The molecule has 0 spiro atoms. The van der Waals surface area contributed by atoms with Gasteiger partial charge in [0.25, 0.3) is 5.91 Å². The summed E-state index contributed by atoms with van der Waals surface area (Å²) in [6, 6.07) is 7.80. The summed E-state index contributed by atoms with van der Waals surface area (Å²) >= 11 is 0. The zero-order valence-corrected chi connectivity index (χ0v) is 16.3. The first kappa shape index (κ1) is 19.5. The predicted molar refractivity (Wildman–Crippen MR) is 99.7 cm³/mol. The molecule has 1 aromatic carbocycles. The predicted octanol–water partition coefficient (Wildman–Crippen LogP) is 1.32. The first-order valence-corrected chi connectivity index (χ1v) is 10.3. The third-order valence-corrected chi connectivity index (χ3v) is 6.53. The Hall–Kier alpha value is -2.23. The SMILES string of the molecule is CC[C@H](NC(=O)c1cccc(S(=O)(=O)N2CCOCC2)c1)c1ccnn1C. The second kappa shape index (κ2) is 8.20. The van der Waals surface area contributed by atoms with Gasteiger partial charge in [0.2, 0.25) is 10.0 Å². The van der Waals surface area contributed by atoms with Crippen molar-refractivity contribution in [2.24, 2.45) is 7.05 Å². The van der Waals surface area contributed by atoms with Gasteiger partial charge in [0.05, 0.1) is 29.8 Å². The Balaban J connectivity index is 1.80. The van der Waals surface area contributed by atoms with Gasteiger partial charge in [-0.3, -0.25) is 9.48 Å². The van der Waals surface area contributed by atoms with Crippen molar-refractivity contribution in [2.75, 3.05) is 26.3 Å². The van der Waals surface area contributed by atoms with Crippen LogP contribution in [0.5, 0.6) is 0 Å². The summed E-state index contributed by atoms with van der Waals surface area (Å²) in [6.45, 7) is 3.36. The number of aryl methyl sites for hydroxylation is 1. The Kier molecular flexibility index (Phi) is 5.93. The van der Waals surface area contributed by atoms with Crippen LogP contribution in [0.3, 0.4) is 0 Å². The van der Waals surface area contributed by atoms with E-state index in [9.17, 15) is 13.2 Å². The Morgan fingerprint density at radius 3 is 2.67 bits per heavy atom. The van der Waals surface area contributed by atoms with E-state index >= 15 is 0 Å². The van der Waals surface area contributed by atoms with E-state index in [0.717, 1.165) is 5.69 Å². The fraction of sp³-hybridized carbons (Fsp3) is 0.444. The topological polar surface area (TPSA) is 93.5 Å². The van der Waals surface area contributed by atoms with Crippen LogP contribution in [-0.4, -0.2) is 54.7 Å². The molecule has 1 aliphatic rings. The summed E-state index contributed by atoms with van der Waals surface area (Å²) < 4.78 is 33.9. The lowest BCUT2D eigenvalue weighted by atomic mass is 10.1. The van der Waals surface area contributed by atoms with Crippen LogP contribution in [0.25, 0.3) is 0 Å². The lowest BCUT2D eigenvalue weighted by molar-refractivity contribution is 0.0730. The zero-order chi connectivity index (χ0) is 19.4. The van der Waals surface area contributed by atoms with E-state index in [4.69, 9.17) is 4.74 Å². The zero-order valence-electron chi connectivity index (χ0n) is 15.5. The Labute approximate surface area is 159 Å². The van der Waals surface area contributed by atoms with Gasteiger partial charge in [0, 0.05) is 31.9 Å². The molecular weight excluding hydrogens is 368 g/mol. The highest BCUT2D eigenvalue weighted by Gasteiger charge is 2.27. The largest absolute Gasteiger partial charge is 0.379 e. The van der Waals surface area contributed by atoms with Gasteiger partial charge in [0.1, 0.15) is 0 Å². The second-order valence-corrected chi connectivity index (χ2v) is 8.30. The molecular formula is C18H24N4O4S. The number of amides is 1. The van der Waals surface area contributed by atoms with Gasteiger partial charge in [-0.1, -0.05) is 13.0 Å². The number of benzene rings is 1. The van der Waals surface area contributed by atoms with Crippen LogP contribution in [0, 0.1) is 0 Å². The van der Waals surface area contributed by atoms with Crippen molar-refractivity contribution in [1.29, 1.82) is 0 Å². The molecule has 9 heteroatoms. The fourth-order valence-electron chi connectivity index (χ4n) is 3.09. The molecule has 27 heavy (non-hydrogen) atoms. The van der Waals surface area contributed by atoms with Crippen LogP contribution < -0.4 is 5.32 Å². The highest BCUT2D eigenvalue weighted by Crippen LogP contribution is 2.20. The van der Waals surface area contributed by atoms with E-state index in [1.807, 2.05) is 20.0 Å². The van der Waals surface area contributed by atoms with E-state index < -0.39 is 10.0 Å². The number of aromatic nitrogens is 2. The number of nitrogens with one attached hydrogen (secondary N) is 1. The molecule has 1 aromatic heterocycles. The number of hydrogen-bond acceptors (Lipinski definition) is 5. The van der Waals surface area contributed by atoms with Crippen LogP contribution in [0.1, 0.15) is 35.4 Å². The quantitative estimate of drug-likeness (QED) is 0.800. The molecule has 0 radical (unpaired) electrons. The van der Waals surface area contributed by atoms with Crippen LogP contribution >= 0.6 is 0 Å². The van der Waals surface area contributed by atoms with Crippen LogP contribution in [0.4, 0.5) is 0 Å². The molecule has 0 bridgehead atoms. The van der Waals surface area contributed by atoms with E-state index in [1.165, 1.54) is 16.4 Å². The van der Waals surface area contributed by atoms with E-state index in [-0.39, 0.29) is 16.8 Å². The van der Waals surface area contributed by atoms with Crippen molar-refractivity contribution in [1.82, 2.24) is 19.4 Å². The monoisotopic (exact) mass is 392 g/mol. The van der Waals surface area contributed by atoms with Crippen molar-refractivity contribution < 1.29 is 17.9 Å². The number of nitrogens with zero attached hydrogens (tertiary/aromatic N) is 3. The standard InChI is InChI=1S/C18H24N4O4S/c1-3-16(17-7-8-19-21(17)2)20-18(23)14-5-4-6-15(13-14)27(24,25)22-9-11-26-12-10-22/h4-8,13,16H,3,9-12H2,1-2H3,(H,20,23)/t16-/m0/s1. The maximum Gasteiger partial charge on any atom is 0.251 e. The molecule has 0 unspecified atom stereocenters. The van der Waals surface area contributed by atoms with Crippen molar-refractivity contribution in [2.45, 2.75) is 24.3 Å². The lowest BCUT2D eigenvalue weighted by Gasteiger charge is -2.26. The highest BCUT2D eigenvalue weighted by atomic mass is 32.2. The third kappa shape index (κ3) is 4.20. The second-order valence-electron chi connectivity index (χ2n) is 6.36. The number of carbonyl (C=O) groups excluding carboxylic acids is 1. The average molecular weight is 392 g/mol. The van der Waals surface area contributed by atoms with Crippen molar-refractivity contribution in [3.63, 3.8) is 0 Å². The van der Waals surface area contributed by atoms with E-state index in [2.05, 4.69) is 10.4 Å². The Bertz CT molecular complexity index is 904. The van der Waals surface area contributed by atoms with Gasteiger partial charge < -0.3 is 10.1 Å². The molecule has 1 N–H and O–H groups in total. The first-order chi connectivity index (χ1) is 12.9. The molecule has 0 saturated carbocycles. The van der Waals surface area contributed by atoms with Gasteiger partial charge in [-0.2, -0.15) is 9.40 Å². The van der Waals surface area contributed by atoms with Crippen LogP contribution in [0.2, 0.25) is 0 Å². The van der Waals surface area contributed by atoms with Gasteiger partial charge in [-0.15, -0.1) is 0 Å². The van der Waals surface area contributed by atoms with Crippen LogP contribution in [-0.2, 0) is 21.8 Å². The molecule has 1 atom stereocenters. The molecule has 146 valence electrons. The summed E-state index contributed by atoms with van der Waals surface area (Å²) in [5, 5.41) is 7.09. The molecule has 3 rings (SSSR count). The van der Waals surface area contributed by atoms with Crippen LogP contribution in [0.15, 0.2) is 41.4 Å². The minimum absolute atomic E-state index is 0.116. The van der Waals surface area contributed by atoms with Gasteiger partial charge in [0.15, 0.2) is 0 Å². The van der Waals surface area contributed by atoms with E-state index in [0.29, 0.717) is 38.3 Å². The van der Waals surface area contributed by atoms with Crippen molar-refractivity contribution in [3.8, 4) is 0 Å². The summed E-state index contributed by atoms with van der Waals surface area (Å²) in [5.74, 6) is -0.318. The molecule has 2 aromatic rings. The van der Waals surface area contributed by atoms with Gasteiger partial charge in [-0.25, -0.2) is 8.42 Å². The minimum atomic E-state index is -3.64.